The van der Waals surface area contributed by atoms with Crippen molar-refractivity contribution in [3.05, 3.63) is 0 Å². The van der Waals surface area contributed by atoms with Crippen LogP contribution in [0.2, 0.25) is 0 Å². The Hall–Kier alpha value is -0.0800. The molecular weight excluding hydrogens is 186 g/mol. The van der Waals surface area contributed by atoms with E-state index in [2.05, 4.69) is 13.8 Å². The van der Waals surface area contributed by atoms with Crippen molar-refractivity contribution in [2.75, 3.05) is 6.54 Å². The van der Waals surface area contributed by atoms with Crippen LogP contribution in [0.15, 0.2) is 0 Å². The SMILES string of the molecule is CC1CC(O)(C2(CN)CCCC(C)C2)C1. The number of hydrogen-bond donors (Lipinski definition) is 2. The highest BCUT2D eigenvalue weighted by Crippen LogP contribution is 2.56. The third-order valence-electron chi connectivity index (χ3n) is 4.84. The van der Waals surface area contributed by atoms with E-state index in [1.165, 1.54) is 12.8 Å². The first-order chi connectivity index (χ1) is 7.01. The second kappa shape index (κ2) is 3.74. The Bertz CT molecular complexity index is 235. The van der Waals surface area contributed by atoms with Gasteiger partial charge in [-0.05, 0) is 37.5 Å². The molecule has 2 aliphatic carbocycles. The molecule has 3 N–H and O–H groups in total. The van der Waals surface area contributed by atoms with Gasteiger partial charge < -0.3 is 10.8 Å². The van der Waals surface area contributed by atoms with Crippen LogP contribution in [-0.4, -0.2) is 17.3 Å². The van der Waals surface area contributed by atoms with Crippen LogP contribution in [0.25, 0.3) is 0 Å². The van der Waals surface area contributed by atoms with E-state index in [1.54, 1.807) is 0 Å². The zero-order chi connectivity index (χ0) is 11.1. The number of nitrogens with two attached hydrogens (primary N) is 1. The third kappa shape index (κ3) is 1.72. The second-order valence-electron chi connectivity index (χ2n) is 6.23. The van der Waals surface area contributed by atoms with Gasteiger partial charge in [-0.25, -0.2) is 0 Å². The van der Waals surface area contributed by atoms with Gasteiger partial charge in [-0.3, -0.25) is 0 Å². The zero-order valence-electron chi connectivity index (χ0n) is 10.1. The maximum Gasteiger partial charge on any atom is 0.0721 e. The number of hydrogen-bond acceptors (Lipinski definition) is 2. The summed E-state index contributed by atoms with van der Waals surface area (Å²) in [5, 5.41) is 10.7. The van der Waals surface area contributed by atoms with Crippen molar-refractivity contribution >= 4 is 0 Å². The first-order valence-electron chi connectivity index (χ1n) is 6.44. The Morgan fingerprint density at radius 3 is 2.33 bits per heavy atom. The Labute approximate surface area is 93.2 Å². The fourth-order valence-corrected chi connectivity index (χ4v) is 3.98. The van der Waals surface area contributed by atoms with E-state index in [0.29, 0.717) is 12.5 Å². The summed E-state index contributed by atoms with van der Waals surface area (Å²) in [6.07, 6.45) is 6.76. The molecule has 88 valence electrons. The molecule has 0 aromatic carbocycles. The number of rotatable bonds is 2. The van der Waals surface area contributed by atoms with Gasteiger partial charge in [0.1, 0.15) is 0 Å². The predicted octanol–water partition coefficient (Wildman–Crippen LogP) is 2.30. The minimum absolute atomic E-state index is 0.0389. The Morgan fingerprint density at radius 2 is 1.87 bits per heavy atom. The largest absolute Gasteiger partial charge is 0.389 e. The monoisotopic (exact) mass is 211 g/mol. The Balaban J connectivity index is 2.14. The maximum absolute atomic E-state index is 10.7. The molecule has 2 heteroatoms. The molecule has 0 amide bonds. The lowest BCUT2D eigenvalue weighted by molar-refractivity contribution is -0.177. The van der Waals surface area contributed by atoms with Crippen LogP contribution in [0.5, 0.6) is 0 Å². The minimum Gasteiger partial charge on any atom is -0.389 e. The normalized spacial score (nSPS) is 51.2. The van der Waals surface area contributed by atoms with Gasteiger partial charge in [-0.15, -0.1) is 0 Å². The van der Waals surface area contributed by atoms with Crippen LogP contribution >= 0.6 is 0 Å². The van der Waals surface area contributed by atoms with E-state index in [0.717, 1.165) is 31.6 Å². The van der Waals surface area contributed by atoms with Gasteiger partial charge in [-0.1, -0.05) is 26.7 Å². The average molecular weight is 211 g/mol. The fraction of sp³-hybridized carbons (Fsp3) is 1.00. The van der Waals surface area contributed by atoms with Crippen LogP contribution in [0.1, 0.15) is 52.4 Å². The molecule has 0 saturated heterocycles. The van der Waals surface area contributed by atoms with Crippen molar-refractivity contribution in [3.63, 3.8) is 0 Å². The van der Waals surface area contributed by atoms with E-state index >= 15 is 0 Å². The zero-order valence-corrected chi connectivity index (χ0v) is 10.1. The van der Waals surface area contributed by atoms with Crippen molar-refractivity contribution in [1.29, 1.82) is 0 Å². The highest BCUT2D eigenvalue weighted by atomic mass is 16.3. The van der Waals surface area contributed by atoms with Crippen LogP contribution in [-0.2, 0) is 0 Å². The van der Waals surface area contributed by atoms with Gasteiger partial charge >= 0.3 is 0 Å². The van der Waals surface area contributed by atoms with Gasteiger partial charge in [0.2, 0.25) is 0 Å². The van der Waals surface area contributed by atoms with E-state index in [9.17, 15) is 5.11 Å². The topological polar surface area (TPSA) is 46.2 Å². The summed E-state index contributed by atoms with van der Waals surface area (Å²) >= 11 is 0. The molecule has 0 radical (unpaired) electrons. The Kier molecular flexibility index (Phi) is 2.85. The molecule has 2 nitrogen and oxygen atoms in total. The van der Waals surface area contributed by atoms with Crippen molar-refractivity contribution in [1.82, 2.24) is 0 Å². The summed E-state index contributed by atoms with van der Waals surface area (Å²) in [7, 11) is 0. The summed E-state index contributed by atoms with van der Waals surface area (Å²) in [6.45, 7) is 5.19. The van der Waals surface area contributed by atoms with Gasteiger partial charge in [0, 0.05) is 12.0 Å². The van der Waals surface area contributed by atoms with E-state index < -0.39 is 5.60 Å². The van der Waals surface area contributed by atoms with Crippen LogP contribution < -0.4 is 5.73 Å². The van der Waals surface area contributed by atoms with Gasteiger partial charge in [0.25, 0.3) is 0 Å². The summed E-state index contributed by atoms with van der Waals surface area (Å²) in [5.74, 6) is 1.43. The van der Waals surface area contributed by atoms with E-state index in [-0.39, 0.29) is 5.41 Å². The molecule has 0 heterocycles. The highest BCUT2D eigenvalue weighted by molar-refractivity contribution is 5.08. The lowest BCUT2D eigenvalue weighted by atomic mass is 9.52. The molecular formula is C13H25NO. The van der Waals surface area contributed by atoms with Crippen LogP contribution in [0, 0.1) is 17.3 Å². The van der Waals surface area contributed by atoms with E-state index in [4.69, 9.17) is 5.73 Å². The van der Waals surface area contributed by atoms with E-state index in [1.807, 2.05) is 0 Å². The second-order valence-corrected chi connectivity index (χ2v) is 6.23. The molecule has 2 atom stereocenters. The molecule has 2 saturated carbocycles. The lowest BCUT2D eigenvalue weighted by Crippen LogP contribution is -2.60. The molecule has 15 heavy (non-hydrogen) atoms. The van der Waals surface area contributed by atoms with Crippen molar-refractivity contribution in [2.24, 2.45) is 23.0 Å². The first kappa shape index (κ1) is 11.4. The van der Waals surface area contributed by atoms with Gasteiger partial charge in [0.05, 0.1) is 5.60 Å². The third-order valence-corrected chi connectivity index (χ3v) is 4.84. The predicted molar refractivity (Wildman–Crippen MR) is 62.5 cm³/mol. The van der Waals surface area contributed by atoms with Crippen molar-refractivity contribution in [3.8, 4) is 0 Å². The summed E-state index contributed by atoms with van der Waals surface area (Å²) in [4.78, 5) is 0. The summed E-state index contributed by atoms with van der Waals surface area (Å²) in [5.41, 5.74) is 5.59. The van der Waals surface area contributed by atoms with Crippen molar-refractivity contribution in [2.45, 2.75) is 58.0 Å². The summed E-state index contributed by atoms with van der Waals surface area (Å²) < 4.78 is 0. The van der Waals surface area contributed by atoms with Gasteiger partial charge in [-0.2, -0.15) is 0 Å². The molecule has 0 spiro atoms. The highest BCUT2D eigenvalue weighted by Gasteiger charge is 2.56. The summed E-state index contributed by atoms with van der Waals surface area (Å²) in [6, 6.07) is 0. The van der Waals surface area contributed by atoms with Crippen molar-refractivity contribution < 1.29 is 5.11 Å². The lowest BCUT2D eigenvalue weighted by Gasteiger charge is -2.57. The van der Waals surface area contributed by atoms with Crippen LogP contribution in [0.3, 0.4) is 0 Å². The molecule has 0 aliphatic heterocycles. The molecule has 0 aromatic rings. The quantitative estimate of drug-likeness (QED) is 0.736. The first-order valence-corrected chi connectivity index (χ1v) is 6.44. The van der Waals surface area contributed by atoms with Crippen LogP contribution in [0.4, 0.5) is 0 Å². The molecule has 0 aromatic heterocycles. The smallest absolute Gasteiger partial charge is 0.0721 e. The molecule has 2 unspecified atom stereocenters. The molecule has 2 fully saturated rings. The standard InChI is InChI=1S/C13H25NO/c1-10-4-3-5-12(6-10,9-14)13(15)7-11(2)8-13/h10-11,15H,3-9,14H2,1-2H3. The minimum atomic E-state index is -0.435. The molecule has 0 bridgehead atoms. The number of aliphatic hydroxyl groups is 1. The molecule has 2 aliphatic rings. The van der Waals surface area contributed by atoms with Gasteiger partial charge in [0.15, 0.2) is 0 Å². The Morgan fingerprint density at radius 1 is 1.20 bits per heavy atom. The molecule has 2 rings (SSSR count). The maximum atomic E-state index is 10.7. The average Bonchev–Trinajstić information content (AvgIpc) is 2.15. The fourth-order valence-electron chi connectivity index (χ4n) is 3.98.